The topological polar surface area (TPSA) is 133 Å². The number of anilines is 1. The summed E-state index contributed by atoms with van der Waals surface area (Å²) in [6.07, 6.45) is 3.77. The lowest BCUT2D eigenvalue weighted by Gasteiger charge is -2.27. The highest BCUT2D eigenvalue weighted by Gasteiger charge is 2.57. The molecule has 3 aliphatic rings. The Bertz CT molecular complexity index is 1070. The third kappa shape index (κ3) is 4.35. The van der Waals surface area contributed by atoms with Crippen LogP contribution in [0.1, 0.15) is 59.6 Å². The predicted molar refractivity (Wildman–Crippen MR) is 123 cm³/mol. The molecule has 186 valence electrons. The summed E-state index contributed by atoms with van der Waals surface area (Å²) in [4.78, 5) is 25.2. The van der Waals surface area contributed by atoms with E-state index in [2.05, 4.69) is 25.6 Å². The molecule has 2 saturated heterocycles. The van der Waals surface area contributed by atoms with Gasteiger partial charge in [0.25, 0.3) is 0 Å². The molecule has 2 aromatic rings. The Morgan fingerprint density at radius 1 is 1.24 bits per heavy atom. The van der Waals surface area contributed by atoms with Gasteiger partial charge in [0.15, 0.2) is 29.0 Å². The number of carboxylic acid groups (broad SMARTS) is 1. The highest BCUT2D eigenvalue weighted by Crippen LogP contribution is 2.43. The summed E-state index contributed by atoms with van der Waals surface area (Å²) in [6.45, 7) is 7.33. The largest absolute Gasteiger partial charge is 0.480 e. The quantitative estimate of drug-likeness (QED) is 0.493. The van der Waals surface area contributed by atoms with Crippen LogP contribution in [0.3, 0.4) is 0 Å². The number of ether oxygens (including phenoxy) is 3. The lowest BCUT2D eigenvalue weighted by atomic mass is 10.0. The summed E-state index contributed by atoms with van der Waals surface area (Å²) in [7, 11) is 0. The molecule has 11 nitrogen and oxygen atoms in total. The molecule has 3 N–H and O–H groups in total. The van der Waals surface area contributed by atoms with Crippen LogP contribution in [0.5, 0.6) is 0 Å². The molecular weight excluding hydrogens is 464 g/mol. The maximum absolute atomic E-state index is 11.8. The number of nitrogens with one attached hydrogen (secondary N) is 2. The molecule has 1 aliphatic carbocycles. The van der Waals surface area contributed by atoms with Crippen LogP contribution < -0.4 is 10.6 Å². The van der Waals surface area contributed by atoms with Crippen molar-refractivity contribution in [2.75, 3.05) is 5.32 Å². The minimum Gasteiger partial charge on any atom is -0.480 e. The fourth-order valence-corrected chi connectivity index (χ4v) is 5.27. The fourth-order valence-electron chi connectivity index (χ4n) is 5.10. The van der Waals surface area contributed by atoms with Crippen LogP contribution in [-0.4, -0.2) is 66.9 Å². The van der Waals surface area contributed by atoms with Gasteiger partial charge in [0.1, 0.15) is 24.5 Å². The fraction of sp³-hybridized carbons (Fsp3) is 0.727. The van der Waals surface area contributed by atoms with E-state index >= 15 is 0 Å². The first-order valence-corrected chi connectivity index (χ1v) is 12.2. The zero-order chi connectivity index (χ0) is 24.2. The van der Waals surface area contributed by atoms with Crippen molar-refractivity contribution in [2.45, 2.75) is 95.9 Å². The van der Waals surface area contributed by atoms with Gasteiger partial charge >= 0.3 is 5.97 Å². The Morgan fingerprint density at radius 3 is 2.62 bits per heavy atom. The molecule has 0 aromatic carbocycles. The van der Waals surface area contributed by atoms with Crippen molar-refractivity contribution < 1.29 is 24.1 Å². The van der Waals surface area contributed by atoms with E-state index in [0.717, 1.165) is 12.8 Å². The van der Waals surface area contributed by atoms with E-state index in [1.165, 1.54) is 12.8 Å². The number of aliphatic carboxylic acids is 1. The molecule has 0 unspecified atom stereocenters. The van der Waals surface area contributed by atoms with E-state index in [1.54, 1.807) is 10.9 Å². The van der Waals surface area contributed by atoms with Gasteiger partial charge in [-0.25, -0.2) is 4.98 Å². The average Bonchev–Trinajstić information content (AvgIpc) is 3.50. The smallest absolute Gasteiger partial charge is 0.321 e. The van der Waals surface area contributed by atoms with Gasteiger partial charge in [-0.3, -0.25) is 14.7 Å². The number of imidazole rings is 1. The third-order valence-corrected chi connectivity index (χ3v) is 6.84. The van der Waals surface area contributed by atoms with Crippen LogP contribution in [-0.2, 0) is 19.0 Å². The molecule has 0 radical (unpaired) electrons. The summed E-state index contributed by atoms with van der Waals surface area (Å²) >= 11 is 6.29. The number of carbonyl (C=O) groups is 1. The van der Waals surface area contributed by atoms with Crippen LogP contribution >= 0.6 is 11.6 Å². The van der Waals surface area contributed by atoms with Gasteiger partial charge in [0.05, 0.1) is 6.33 Å². The average molecular weight is 495 g/mol. The zero-order valence-corrected chi connectivity index (χ0v) is 20.5. The second-order valence-corrected chi connectivity index (χ2v) is 10.4. The van der Waals surface area contributed by atoms with E-state index < -0.39 is 42.5 Å². The number of carboxylic acids is 1. The van der Waals surface area contributed by atoms with Crippen molar-refractivity contribution in [3.05, 3.63) is 11.6 Å². The maximum atomic E-state index is 11.8. The lowest BCUT2D eigenvalue weighted by Crippen LogP contribution is -2.51. The van der Waals surface area contributed by atoms with Gasteiger partial charge in [-0.2, -0.15) is 9.97 Å². The number of rotatable bonds is 7. The molecule has 5 atom stereocenters. The number of fused-ring (bicyclic) bond motifs is 2. The summed E-state index contributed by atoms with van der Waals surface area (Å²) in [5, 5.41) is 16.3. The van der Waals surface area contributed by atoms with Gasteiger partial charge in [-0.1, -0.05) is 26.7 Å². The first-order chi connectivity index (χ1) is 16.1. The second-order valence-electron chi connectivity index (χ2n) is 10.0. The minimum absolute atomic E-state index is 0.105. The van der Waals surface area contributed by atoms with Gasteiger partial charge in [-0.15, -0.1) is 0 Å². The molecule has 0 amide bonds. The standard InChI is InChI=1S/C22H31ClN6O5/c1-10(2)12(20(30)31)26-18-14-15(34-22(3,4)33-14)19(32-18)29-9-24-13-16(25-11-7-5-6-8-11)27-21(23)28-17(13)29/h9-12,14-15,18-19,26H,5-8H2,1-4H3,(H,30,31)(H,25,27,28)/t12-,14+,15+,18+,19+/m0/s1. The van der Waals surface area contributed by atoms with E-state index in [-0.39, 0.29) is 11.2 Å². The second kappa shape index (κ2) is 8.87. The highest BCUT2D eigenvalue weighted by atomic mass is 35.5. The van der Waals surface area contributed by atoms with Crippen LogP contribution in [0.15, 0.2) is 6.33 Å². The molecule has 1 saturated carbocycles. The molecule has 0 bridgehead atoms. The molecule has 4 heterocycles. The first-order valence-electron chi connectivity index (χ1n) is 11.8. The summed E-state index contributed by atoms with van der Waals surface area (Å²) in [5.41, 5.74) is 1.11. The molecule has 2 aliphatic heterocycles. The Hall–Kier alpha value is -2.05. The van der Waals surface area contributed by atoms with Crippen LogP contribution in [0.4, 0.5) is 5.82 Å². The van der Waals surface area contributed by atoms with E-state index in [9.17, 15) is 9.90 Å². The Balaban J connectivity index is 1.48. The zero-order valence-electron chi connectivity index (χ0n) is 19.7. The van der Waals surface area contributed by atoms with Crippen molar-refractivity contribution in [3.63, 3.8) is 0 Å². The van der Waals surface area contributed by atoms with Gasteiger partial charge in [-0.05, 0) is 44.2 Å². The number of hydrogen-bond donors (Lipinski definition) is 3. The van der Waals surface area contributed by atoms with Crippen LogP contribution in [0.2, 0.25) is 5.28 Å². The minimum atomic E-state index is -0.952. The molecule has 34 heavy (non-hydrogen) atoms. The highest BCUT2D eigenvalue weighted by molar-refractivity contribution is 6.28. The normalized spacial score (nSPS) is 29.7. The summed E-state index contributed by atoms with van der Waals surface area (Å²) < 4.78 is 20.4. The van der Waals surface area contributed by atoms with Crippen LogP contribution in [0.25, 0.3) is 11.2 Å². The molecule has 5 rings (SSSR count). The molecular formula is C22H31ClN6O5. The summed E-state index contributed by atoms with van der Waals surface area (Å²) in [6, 6.07) is -0.480. The predicted octanol–water partition coefficient (Wildman–Crippen LogP) is 2.91. The van der Waals surface area contributed by atoms with Crippen molar-refractivity contribution in [2.24, 2.45) is 5.92 Å². The van der Waals surface area contributed by atoms with Gasteiger partial charge in [0, 0.05) is 6.04 Å². The Morgan fingerprint density at radius 2 is 1.94 bits per heavy atom. The van der Waals surface area contributed by atoms with Gasteiger partial charge < -0.3 is 24.6 Å². The van der Waals surface area contributed by atoms with E-state index in [1.807, 2.05) is 27.7 Å². The van der Waals surface area contributed by atoms with Crippen molar-refractivity contribution in [1.82, 2.24) is 24.8 Å². The maximum Gasteiger partial charge on any atom is 0.321 e. The Labute approximate surface area is 202 Å². The number of halogens is 1. The van der Waals surface area contributed by atoms with Gasteiger partial charge in [0.2, 0.25) is 5.28 Å². The lowest BCUT2D eigenvalue weighted by molar-refractivity contribution is -0.201. The van der Waals surface area contributed by atoms with Crippen molar-refractivity contribution >= 4 is 34.6 Å². The molecule has 3 fully saturated rings. The first kappa shape index (κ1) is 23.7. The monoisotopic (exact) mass is 494 g/mol. The summed E-state index contributed by atoms with van der Waals surface area (Å²) in [5.74, 6) is -1.36. The number of hydrogen-bond acceptors (Lipinski definition) is 9. The Kier molecular flexibility index (Phi) is 6.18. The van der Waals surface area contributed by atoms with E-state index in [4.69, 9.17) is 25.8 Å². The number of nitrogens with zero attached hydrogens (tertiary/aromatic N) is 4. The third-order valence-electron chi connectivity index (χ3n) is 6.67. The van der Waals surface area contributed by atoms with E-state index in [0.29, 0.717) is 23.0 Å². The van der Waals surface area contributed by atoms with Crippen molar-refractivity contribution in [3.8, 4) is 0 Å². The van der Waals surface area contributed by atoms with Crippen molar-refractivity contribution in [1.29, 1.82) is 0 Å². The molecule has 2 aromatic heterocycles. The number of aromatic nitrogens is 4. The SMILES string of the molecule is CC(C)[C@H](N[C@@H]1O[C@@H](n2cnc3c(NC4CCCC4)nc(Cl)nc32)[C@@H]2OC(C)(C)O[C@H]21)C(=O)O. The van der Waals surface area contributed by atoms with Crippen LogP contribution in [0, 0.1) is 5.92 Å². The molecule has 12 heteroatoms. The molecule has 0 spiro atoms.